The zero-order valence-corrected chi connectivity index (χ0v) is 13.3. The molecular weight excluding hydrogens is 272 g/mol. The van der Waals surface area contributed by atoms with E-state index in [0.717, 1.165) is 0 Å². The Balaban J connectivity index is 4.48. The molecular formula is C16H30O5. The van der Waals surface area contributed by atoms with E-state index in [1.54, 1.807) is 0 Å². The fourth-order valence-electron chi connectivity index (χ4n) is 1.93. The zero-order chi connectivity index (χ0) is 16.1. The summed E-state index contributed by atoms with van der Waals surface area (Å²) in [4.78, 5) is 0. The smallest absolute Gasteiger partial charge is 0.125 e. The predicted molar refractivity (Wildman–Crippen MR) is 82.8 cm³/mol. The zero-order valence-electron chi connectivity index (χ0n) is 13.3. The fourth-order valence-corrected chi connectivity index (χ4v) is 1.93. The van der Waals surface area contributed by atoms with E-state index in [1.165, 1.54) is 0 Å². The highest BCUT2D eigenvalue weighted by atomic mass is 16.6. The van der Waals surface area contributed by atoms with Crippen molar-refractivity contribution in [1.82, 2.24) is 0 Å². The molecule has 0 aliphatic carbocycles. The molecule has 0 spiro atoms. The monoisotopic (exact) mass is 302 g/mol. The Hall–Kier alpha value is -0.880. The van der Waals surface area contributed by atoms with Crippen molar-refractivity contribution in [2.75, 3.05) is 26.4 Å². The van der Waals surface area contributed by atoms with Gasteiger partial charge in [0.25, 0.3) is 0 Å². The summed E-state index contributed by atoms with van der Waals surface area (Å²) in [6.45, 7) is 12.9. The largest absolute Gasteiger partial charge is 0.462 e. The Morgan fingerprint density at radius 2 is 1.24 bits per heavy atom. The molecule has 0 fully saturated rings. The number of hydrogen-bond donors (Lipinski definition) is 2. The minimum Gasteiger partial charge on any atom is -0.462 e. The average molecular weight is 302 g/mol. The van der Waals surface area contributed by atoms with E-state index in [0.29, 0.717) is 50.4 Å². The SMILES string of the molecule is C=C(OC(=C)C(CCCO)OCC)C(CCCO)OCC. The second-order valence-corrected chi connectivity index (χ2v) is 4.65. The van der Waals surface area contributed by atoms with Crippen LogP contribution in [0.1, 0.15) is 39.5 Å². The van der Waals surface area contributed by atoms with Gasteiger partial charge < -0.3 is 24.4 Å². The lowest BCUT2D eigenvalue weighted by Gasteiger charge is -2.24. The second-order valence-electron chi connectivity index (χ2n) is 4.65. The van der Waals surface area contributed by atoms with E-state index in [4.69, 9.17) is 24.4 Å². The van der Waals surface area contributed by atoms with Crippen molar-refractivity contribution in [2.24, 2.45) is 0 Å². The van der Waals surface area contributed by atoms with E-state index < -0.39 is 0 Å². The van der Waals surface area contributed by atoms with Gasteiger partial charge in [0.05, 0.1) is 0 Å². The van der Waals surface area contributed by atoms with Crippen LogP contribution in [0, 0.1) is 0 Å². The molecule has 0 aliphatic rings. The molecule has 124 valence electrons. The van der Waals surface area contributed by atoms with Gasteiger partial charge in [-0.25, -0.2) is 0 Å². The Kier molecular flexibility index (Phi) is 12.3. The van der Waals surface area contributed by atoms with E-state index in [1.807, 2.05) is 13.8 Å². The lowest BCUT2D eigenvalue weighted by atomic mass is 10.1. The number of ether oxygens (including phenoxy) is 3. The molecule has 0 saturated heterocycles. The van der Waals surface area contributed by atoms with Crippen LogP contribution in [0.2, 0.25) is 0 Å². The maximum Gasteiger partial charge on any atom is 0.125 e. The van der Waals surface area contributed by atoms with Crippen molar-refractivity contribution in [2.45, 2.75) is 51.7 Å². The maximum absolute atomic E-state index is 8.92. The predicted octanol–water partition coefficient (Wildman–Crippen LogP) is 2.39. The second kappa shape index (κ2) is 12.8. The van der Waals surface area contributed by atoms with Crippen LogP contribution in [-0.2, 0) is 14.2 Å². The number of aliphatic hydroxyl groups is 2. The summed E-state index contributed by atoms with van der Waals surface area (Å²) >= 11 is 0. The Morgan fingerprint density at radius 1 is 0.857 bits per heavy atom. The van der Waals surface area contributed by atoms with Crippen LogP contribution >= 0.6 is 0 Å². The molecule has 0 aromatic heterocycles. The number of rotatable bonds is 14. The van der Waals surface area contributed by atoms with Crippen molar-refractivity contribution < 1.29 is 24.4 Å². The maximum atomic E-state index is 8.92. The average Bonchev–Trinajstić information content (AvgIpc) is 2.47. The summed E-state index contributed by atoms with van der Waals surface area (Å²) in [6, 6.07) is 0. The van der Waals surface area contributed by atoms with Gasteiger partial charge in [-0.1, -0.05) is 13.2 Å². The molecule has 5 nitrogen and oxygen atoms in total. The first-order chi connectivity index (χ1) is 10.1. The Bertz CT molecular complexity index is 262. The summed E-state index contributed by atoms with van der Waals surface area (Å²) in [7, 11) is 0. The van der Waals surface area contributed by atoms with Gasteiger partial charge >= 0.3 is 0 Å². The molecule has 5 heteroatoms. The Labute approximate surface area is 128 Å². The third-order valence-corrected chi connectivity index (χ3v) is 2.96. The third kappa shape index (κ3) is 8.88. The molecule has 21 heavy (non-hydrogen) atoms. The van der Waals surface area contributed by atoms with Gasteiger partial charge in [0.2, 0.25) is 0 Å². The number of hydrogen-bond acceptors (Lipinski definition) is 5. The molecule has 0 rings (SSSR count). The van der Waals surface area contributed by atoms with Crippen LogP contribution in [0.4, 0.5) is 0 Å². The Morgan fingerprint density at radius 3 is 1.52 bits per heavy atom. The molecule has 0 heterocycles. The van der Waals surface area contributed by atoms with Gasteiger partial charge in [0, 0.05) is 26.4 Å². The van der Waals surface area contributed by atoms with E-state index in [2.05, 4.69) is 13.2 Å². The molecule has 0 aromatic rings. The fraction of sp³-hybridized carbons (Fsp3) is 0.750. The lowest BCUT2D eigenvalue weighted by molar-refractivity contribution is 0.0104. The van der Waals surface area contributed by atoms with Crippen LogP contribution in [0.25, 0.3) is 0 Å². The highest BCUT2D eigenvalue weighted by Crippen LogP contribution is 2.20. The lowest BCUT2D eigenvalue weighted by Crippen LogP contribution is -2.22. The highest BCUT2D eigenvalue weighted by Gasteiger charge is 2.19. The molecule has 0 amide bonds. The minimum atomic E-state index is -0.265. The quantitative estimate of drug-likeness (QED) is 0.482. The van der Waals surface area contributed by atoms with Crippen LogP contribution in [0.3, 0.4) is 0 Å². The summed E-state index contributed by atoms with van der Waals surface area (Å²) < 4.78 is 16.8. The standard InChI is InChI=1S/C16H30O5/c1-5-19-15(9-7-11-17)13(3)21-14(4)16(20-6-2)10-8-12-18/h15-18H,3-12H2,1-2H3. The molecule has 0 radical (unpaired) electrons. The van der Waals surface area contributed by atoms with Gasteiger partial charge in [0.15, 0.2) is 0 Å². The highest BCUT2D eigenvalue weighted by molar-refractivity contribution is 5.03. The first-order valence-electron chi connectivity index (χ1n) is 7.60. The summed E-state index contributed by atoms with van der Waals surface area (Å²) in [6.07, 6.45) is 2.01. The third-order valence-electron chi connectivity index (χ3n) is 2.96. The van der Waals surface area contributed by atoms with E-state index in [9.17, 15) is 0 Å². The first kappa shape index (κ1) is 20.1. The summed E-state index contributed by atoms with van der Waals surface area (Å²) in [5, 5.41) is 17.8. The number of aliphatic hydroxyl groups excluding tert-OH is 2. The molecule has 0 saturated carbocycles. The van der Waals surface area contributed by atoms with Crippen molar-refractivity contribution in [3.8, 4) is 0 Å². The molecule has 2 unspecified atom stereocenters. The summed E-state index contributed by atoms with van der Waals surface area (Å²) in [5.41, 5.74) is 0. The molecule has 0 bridgehead atoms. The topological polar surface area (TPSA) is 68.2 Å². The summed E-state index contributed by atoms with van der Waals surface area (Å²) in [5.74, 6) is 0.952. The van der Waals surface area contributed by atoms with Gasteiger partial charge in [-0.3, -0.25) is 0 Å². The first-order valence-corrected chi connectivity index (χ1v) is 7.60. The van der Waals surface area contributed by atoms with Gasteiger partial charge in [-0.2, -0.15) is 0 Å². The van der Waals surface area contributed by atoms with Crippen LogP contribution in [0.5, 0.6) is 0 Å². The van der Waals surface area contributed by atoms with Crippen molar-refractivity contribution >= 4 is 0 Å². The van der Waals surface area contributed by atoms with Gasteiger partial charge in [0.1, 0.15) is 23.7 Å². The van der Waals surface area contributed by atoms with E-state index in [-0.39, 0.29) is 25.4 Å². The molecule has 0 aliphatic heterocycles. The minimum absolute atomic E-state index is 0.107. The van der Waals surface area contributed by atoms with Crippen LogP contribution in [-0.4, -0.2) is 48.8 Å². The van der Waals surface area contributed by atoms with Crippen LogP contribution in [0.15, 0.2) is 24.7 Å². The molecule has 0 aromatic carbocycles. The van der Waals surface area contributed by atoms with Gasteiger partial charge in [-0.15, -0.1) is 0 Å². The van der Waals surface area contributed by atoms with Crippen LogP contribution < -0.4 is 0 Å². The van der Waals surface area contributed by atoms with Crippen molar-refractivity contribution in [3.05, 3.63) is 24.7 Å². The normalized spacial score (nSPS) is 13.7. The molecule has 2 atom stereocenters. The van der Waals surface area contributed by atoms with Crippen molar-refractivity contribution in [1.29, 1.82) is 0 Å². The van der Waals surface area contributed by atoms with Crippen molar-refractivity contribution in [3.63, 3.8) is 0 Å². The van der Waals surface area contributed by atoms with Gasteiger partial charge in [-0.05, 0) is 39.5 Å². The molecule has 2 N–H and O–H groups in total. The van der Waals surface area contributed by atoms with E-state index >= 15 is 0 Å².